The highest BCUT2D eigenvalue weighted by Crippen LogP contribution is 2.44. The van der Waals surface area contributed by atoms with E-state index in [0.717, 1.165) is 31.6 Å². The number of rotatable bonds is 1. The lowest BCUT2D eigenvalue weighted by molar-refractivity contribution is 0.589. The summed E-state index contributed by atoms with van der Waals surface area (Å²) >= 11 is 17.1. The van der Waals surface area contributed by atoms with Crippen LogP contribution in [0.5, 0.6) is 0 Å². The second-order valence-electron chi connectivity index (χ2n) is 4.92. The Kier molecular flexibility index (Phi) is 4.56. The van der Waals surface area contributed by atoms with Crippen molar-refractivity contribution in [2.45, 2.75) is 44.9 Å². The fourth-order valence-corrected chi connectivity index (χ4v) is 4.15. The molecule has 0 spiro atoms. The van der Waals surface area contributed by atoms with Crippen LogP contribution < -0.4 is 0 Å². The lowest BCUT2D eigenvalue weighted by Gasteiger charge is -2.26. The number of hydrogen-bond donors (Lipinski definition) is 1. The number of halogens is 2. The van der Waals surface area contributed by atoms with Crippen molar-refractivity contribution < 1.29 is 0 Å². The number of thiol groups is 1. The molecule has 0 bridgehead atoms. The summed E-state index contributed by atoms with van der Waals surface area (Å²) < 4.78 is 0. The van der Waals surface area contributed by atoms with Gasteiger partial charge in [-0.15, -0.1) is 11.7 Å². The molecule has 1 aromatic carbocycles. The first-order chi connectivity index (χ1) is 7.21. The van der Waals surface area contributed by atoms with Crippen LogP contribution in [0.4, 0.5) is 0 Å². The van der Waals surface area contributed by atoms with Crippen molar-refractivity contribution in [3.63, 3.8) is 0 Å². The van der Waals surface area contributed by atoms with Crippen LogP contribution in [-0.2, 0) is 5.41 Å². The van der Waals surface area contributed by atoms with Gasteiger partial charge in [-0.25, -0.2) is 0 Å². The average Bonchev–Trinajstić information content (AvgIpc) is 2.14. The lowest BCUT2D eigenvalue weighted by Crippen LogP contribution is -2.14. The Morgan fingerprint density at radius 1 is 1.00 bits per heavy atom. The molecule has 0 N–H and O–H groups in total. The molecule has 0 aliphatic rings. The van der Waals surface area contributed by atoms with Gasteiger partial charge in [0.1, 0.15) is 0 Å². The van der Waals surface area contributed by atoms with E-state index in [0.29, 0.717) is 0 Å². The summed E-state index contributed by atoms with van der Waals surface area (Å²) in [5.41, 5.74) is 3.10. The smallest absolute Gasteiger partial charge is 0.0499 e. The standard InChI is InChI=1S/C12H16Cl2S2/c1-6-9(13)8(12(3,4)5)10(14)7(2)11(6)16-15/h15H,1-5H3. The van der Waals surface area contributed by atoms with Crippen LogP contribution >= 0.6 is 45.7 Å². The molecule has 0 aromatic heterocycles. The molecule has 1 aromatic rings. The molecule has 0 aliphatic heterocycles. The van der Waals surface area contributed by atoms with Crippen molar-refractivity contribution in [2.75, 3.05) is 0 Å². The Morgan fingerprint density at radius 2 is 1.38 bits per heavy atom. The molecule has 1 rings (SSSR count). The van der Waals surface area contributed by atoms with Gasteiger partial charge >= 0.3 is 0 Å². The zero-order valence-corrected chi connectivity index (χ0v) is 13.3. The average molecular weight is 295 g/mol. The quantitative estimate of drug-likeness (QED) is 0.501. The Morgan fingerprint density at radius 3 is 1.62 bits per heavy atom. The van der Waals surface area contributed by atoms with Gasteiger partial charge in [-0.05, 0) is 36.0 Å². The first kappa shape index (κ1) is 14.6. The van der Waals surface area contributed by atoms with Crippen LogP contribution in [0.25, 0.3) is 0 Å². The Hall–Kier alpha value is 0.500. The molecule has 90 valence electrons. The lowest BCUT2D eigenvalue weighted by atomic mass is 9.85. The van der Waals surface area contributed by atoms with Gasteiger partial charge in [0.15, 0.2) is 0 Å². The molecule has 0 heterocycles. The van der Waals surface area contributed by atoms with Gasteiger partial charge in [-0.2, -0.15) is 0 Å². The first-order valence-electron chi connectivity index (χ1n) is 5.01. The summed E-state index contributed by atoms with van der Waals surface area (Å²) in [6.07, 6.45) is 0. The van der Waals surface area contributed by atoms with Crippen molar-refractivity contribution in [2.24, 2.45) is 0 Å². The van der Waals surface area contributed by atoms with Crippen molar-refractivity contribution in [1.29, 1.82) is 0 Å². The van der Waals surface area contributed by atoms with E-state index in [9.17, 15) is 0 Å². The van der Waals surface area contributed by atoms with Gasteiger partial charge < -0.3 is 0 Å². The predicted molar refractivity (Wildman–Crippen MR) is 79.5 cm³/mol. The van der Waals surface area contributed by atoms with E-state index >= 15 is 0 Å². The monoisotopic (exact) mass is 294 g/mol. The molecule has 0 saturated heterocycles. The second-order valence-corrected chi connectivity index (χ2v) is 6.82. The van der Waals surface area contributed by atoms with E-state index in [2.05, 4.69) is 32.4 Å². The third-order valence-electron chi connectivity index (χ3n) is 2.62. The van der Waals surface area contributed by atoms with Gasteiger partial charge in [0, 0.05) is 14.9 Å². The topological polar surface area (TPSA) is 0 Å². The number of benzene rings is 1. The van der Waals surface area contributed by atoms with Crippen molar-refractivity contribution in [3.05, 3.63) is 26.7 Å². The summed E-state index contributed by atoms with van der Waals surface area (Å²) in [5.74, 6) is 0. The summed E-state index contributed by atoms with van der Waals surface area (Å²) in [4.78, 5) is 1.06. The molecular weight excluding hydrogens is 279 g/mol. The van der Waals surface area contributed by atoms with Gasteiger partial charge in [-0.1, -0.05) is 54.8 Å². The zero-order chi connectivity index (χ0) is 12.7. The van der Waals surface area contributed by atoms with E-state index in [1.165, 1.54) is 10.8 Å². The third-order valence-corrected chi connectivity index (χ3v) is 4.91. The maximum absolute atomic E-state index is 6.41. The minimum absolute atomic E-state index is 0.0521. The normalized spacial score (nSPS) is 12.0. The van der Waals surface area contributed by atoms with E-state index in [4.69, 9.17) is 23.2 Å². The van der Waals surface area contributed by atoms with Gasteiger partial charge in [0.05, 0.1) is 0 Å². The van der Waals surface area contributed by atoms with Gasteiger partial charge in [-0.3, -0.25) is 0 Å². The van der Waals surface area contributed by atoms with Crippen LogP contribution in [0.1, 0.15) is 37.5 Å². The summed E-state index contributed by atoms with van der Waals surface area (Å²) in [7, 11) is 1.40. The zero-order valence-electron chi connectivity index (χ0n) is 10.1. The van der Waals surface area contributed by atoms with Crippen LogP contribution in [-0.4, -0.2) is 0 Å². The minimum atomic E-state index is -0.0521. The molecule has 0 atom stereocenters. The summed E-state index contributed by atoms with van der Waals surface area (Å²) in [6, 6.07) is 0. The number of hydrogen-bond acceptors (Lipinski definition) is 2. The molecule has 0 amide bonds. The third kappa shape index (κ3) is 2.50. The van der Waals surface area contributed by atoms with E-state index in [1.54, 1.807) is 0 Å². The van der Waals surface area contributed by atoms with E-state index in [-0.39, 0.29) is 5.41 Å². The Bertz CT molecular complexity index is 391. The molecule has 0 saturated carbocycles. The Balaban J connectivity index is 3.67. The van der Waals surface area contributed by atoms with Gasteiger partial charge in [0.25, 0.3) is 0 Å². The van der Waals surface area contributed by atoms with Crippen LogP contribution in [0.15, 0.2) is 4.90 Å². The molecule has 0 unspecified atom stereocenters. The minimum Gasteiger partial charge on any atom is -0.106 e. The summed E-state index contributed by atoms with van der Waals surface area (Å²) in [6.45, 7) is 10.4. The van der Waals surface area contributed by atoms with E-state index < -0.39 is 0 Å². The second kappa shape index (κ2) is 5.01. The molecule has 0 fully saturated rings. The molecule has 4 heteroatoms. The van der Waals surface area contributed by atoms with Crippen LogP contribution in [0.2, 0.25) is 10.0 Å². The van der Waals surface area contributed by atoms with Crippen molar-refractivity contribution >= 4 is 45.7 Å². The van der Waals surface area contributed by atoms with Crippen LogP contribution in [0.3, 0.4) is 0 Å². The highest BCUT2D eigenvalue weighted by Gasteiger charge is 2.25. The van der Waals surface area contributed by atoms with E-state index in [1.807, 2.05) is 13.8 Å². The molecule has 16 heavy (non-hydrogen) atoms. The SMILES string of the molecule is Cc1c(Cl)c(C(C)(C)C)c(Cl)c(C)c1SS. The molecule has 0 aliphatic carbocycles. The largest absolute Gasteiger partial charge is 0.106 e. The van der Waals surface area contributed by atoms with Gasteiger partial charge in [0.2, 0.25) is 0 Å². The molecule has 0 nitrogen and oxygen atoms in total. The summed E-state index contributed by atoms with van der Waals surface area (Å²) in [5, 5.41) is 1.53. The first-order valence-corrected chi connectivity index (χ1v) is 7.64. The molecule has 0 radical (unpaired) electrons. The highest BCUT2D eigenvalue weighted by molar-refractivity contribution is 8.68. The fraction of sp³-hybridized carbons (Fsp3) is 0.500. The molecular formula is C12H16Cl2S2. The van der Waals surface area contributed by atoms with Crippen molar-refractivity contribution in [1.82, 2.24) is 0 Å². The van der Waals surface area contributed by atoms with Crippen LogP contribution in [0, 0.1) is 13.8 Å². The maximum atomic E-state index is 6.41. The predicted octanol–water partition coefficient (Wildman–Crippen LogP) is 5.84. The van der Waals surface area contributed by atoms with Crippen molar-refractivity contribution in [3.8, 4) is 0 Å². The Labute approximate surface area is 117 Å². The fourth-order valence-electron chi connectivity index (χ4n) is 1.75. The highest BCUT2D eigenvalue weighted by atomic mass is 35.5. The maximum Gasteiger partial charge on any atom is 0.0499 e.